The van der Waals surface area contributed by atoms with E-state index in [1.165, 1.54) is 35.6 Å². The third kappa shape index (κ3) is 4.34. The lowest BCUT2D eigenvalue weighted by Crippen LogP contribution is -2.28. The first kappa shape index (κ1) is 19.5. The topological polar surface area (TPSA) is 83.6 Å². The van der Waals surface area contributed by atoms with E-state index in [0.29, 0.717) is 0 Å². The summed E-state index contributed by atoms with van der Waals surface area (Å²) >= 11 is 3.41. The highest BCUT2D eigenvalue weighted by Gasteiger charge is 2.29. The summed E-state index contributed by atoms with van der Waals surface area (Å²) in [4.78, 5) is -0.0921. The number of halogens is 1. The van der Waals surface area contributed by atoms with Crippen molar-refractivity contribution in [3.63, 3.8) is 0 Å². The fourth-order valence-electron chi connectivity index (χ4n) is 2.42. The normalized spacial score (nSPS) is 15.3. The Kier molecular flexibility index (Phi) is 5.55. The van der Waals surface area contributed by atoms with Gasteiger partial charge in [0.25, 0.3) is 0 Å². The Balaban J connectivity index is 1.87. The van der Waals surface area contributed by atoms with Crippen molar-refractivity contribution in [2.75, 3.05) is 7.05 Å². The molecular formula is C17H19BrN2O4S2. The Morgan fingerprint density at radius 3 is 2.35 bits per heavy atom. The molecule has 0 aliphatic heterocycles. The fourth-order valence-corrected chi connectivity index (χ4v) is 5.45. The Labute approximate surface area is 162 Å². The molecule has 1 saturated carbocycles. The molecule has 9 heteroatoms. The largest absolute Gasteiger partial charge is 0.243 e. The summed E-state index contributed by atoms with van der Waals surface area (Å²) in [6.45, 7) is 0.168. The second kappa shape index (κ2) is 7.40. The molecule has 6 nitrogen and oxygen atoms in total. The summed E-state index contributed by atoms with van der Waals surface area (Å²) in [5.41, 5.74) is 0.817. The monoisotopic (exact) mass is 458 g/mol. The Morgan fingerprint density at radius 1 is 1.04 bits per heavy atom. The summed E-state index contributed by atoms with van der Waals surface area (Å²) < 4.78 is 55.0. The van der Waals surface area contributed by atoms with Crippen LogP contribution in [0.5, 0.6) is 0 Å². The van der Waals surface area contributed by atoms with E-state index in [4.69, 9.17) is 0 Å². The SMILES string of the molecule is CN(Cc1ccccc1Br)S(=O)(=O)c1cccc(S(=O)(=O)NC2CC2)c1. The molecule has 0 unspecified atom stereocenters. The van der Waals surface area contributed by atoms with E-state index >= 15 is 0 Å². The van der Waals surface area contributed by atoms with E-state index in [-0.39, 0.29) is 22.4 Å². The molecule has 140 valence electrons. The first-order chi connectivity index (χ1) is 12.2. The van der Waals surface area contributed by atoms with Crippen molar-refractivity contribution in [2.45, 2.75) is 35.2 Å². The minimum atomic E-state index is -3.83. The van der Waals surface area contributed by atoms with Crippen LogP contribution in [0.2, 0.25) is 0 Å². The summed E-state index contributed by atoms with van der Waals surface area (Å²) in [7, 11) is -6.07. The fraction of sp³-hybridized carbons (Fsp3) is 0.294. The van der Waals surface area contributed by atoms with Crippen LogP contribution in [0.3, 0.4) is 0 Å². The maximum absolute atomic E-state index is 12.9. The van der Waals surface area contributed by atoms with Crippen molar-refractivity contribution in [1.82, 2.24) is 9.03 Å². The average Bonchev–Trinajstić information content (AvgIpc) is 3.40. The molecule has 2 aromatic carbocycles. The molecular weight excluding hydrogens is 440 g/mol. The van der Waals surface area contributed by atoms with E-state index in [9.17, 15) is 16.8 Å². The van der Waals surface area contributed by atoms with Crippen molar-refractivity contribution in [2.24, 2.45) is 0 Å². The highest BCUT2D eigenvalue weighted by atomic mass is 79.9. The number of hydrogen-bond donors (Lipinski definition) is 1. The zero-order valence-electron chi connectivity index (χ0n) is 14.1. The van der Waals surface area contributed by atoms with Gasteiger partial charge in [-0.1, -0.05) is 40.2 Å². The van der Waals surface area contributed by atoms with Crippen molar-refractivity contribution >= 4 is 36.0 Å². The maximum Gasteiger partial charge on any atom is 0.243 e. The Bertz CT molecular complexity index is 1020. The molecule has 0 heterocycles. The van der Waals surface area contributed by atoms with Gasteiger partial charge in [-0.05, 0) is 42.7 Å². The van der Waals surface area contributed by atoms with Crippen LogP contribution in [0, 0.1) is 0 Å². The van der Waals surface area contributed by atoms with Gasteiger partial charge in [-0.15, -0.1) is 0 Å². The minimum Gasteiger partial charge on any atom is -0.208 e. The summed E-state index contributed by atoms with van der Waals surface area (Å²) in [6, 6.07) is 12.8. The average molecular weight is 459 g/mol. The van der Waals surface area contributed by atoms with E-state index in [1.807, 2.05) is 24.3 Å². The van der Waals surface area contributed by atoms with Crippen LogP contribution in [-0.4, -0.2) is 34.2 Å². The van der Waals surface area contributed by atoms with Gasteiger partial charge >= 0.3 is 0 Å². The highest BCUT2D eigenvalue weighted by molar-refractivity contribution is 9.10. The number of sulfonamides is 2. The van der Waals surface area contributed by atoms with E-state index in [1.54, 1.807) is 0 Å². The van der Waals surface area contributed by atoms with Gasteiger partial charge in [0, 0.05) is 24.1 Å². The van der Waals surface area contributed by atoms with Gasteiger partial charge in [-0.3, -0.25) is 0 Å². The van der Waals surface area contributed by atoms with Crippen LogP contribution in [0.1, 0.15) is 18.4 Å². The van der Waals surface area contributed by atoms with E-state index in [0.717, 1.165) is 22.9 Å². The number of nitrogens with one attached hydrogen (secondary N) is 1. The quantitative estimate of drug-likeness (QED) is 0.690. The first-order valence-electron chi connectivity index (χ1n) is 8.02. The predicted molar refractivity (Wildman–Crippen MR) is 103 cm³/mol. The third-order valence-corrected chi connectivity index (χ3v) is 8.17. The van der Waals surface area contributed by atoms with Crippen molar-refractivity contribution in [3.8, 4) is 0 Å². The minimum absolute atomic E-state index is 0.0419. The lowest BCUT2D eigenvalue weighted by atomic mass is 10.2. The standard InChI is InChI=1S/C17H19BrN2O4S2/c1-20(12-13-5-2-3-8-17(13)18)26(23,24)16-7-4-6-15(11-16)25(21,22)19-14-9-10-14/h2-8,11,14,19H,9-10,12H2,1H3. The second-order valence-corrected chi connectivity index (χ2v) is 10.8. The predicted octanol–water partition coefficient (Wildman–Crippen LogP) is 2.71. The second-order valence-electron chi connectivity index (χ2n) is 6.22. The smallest absolute Gasteiger partial charge is 0.208 e. The molecule has 0 atom stereocenters. The Hall–Kier alpha value is -1.26. The molecule has 1 N–H and O–H groups in total. The molecule has 2 aromatic rings. The van der Waals surface area contributed by atoms with Crippen LogP contribution in [-0.2, 0) is 26.6 Å². The van der Waals surface area contributed by atoms with Gasteiger partial charge in [0.2, 0.25) is 20.0 Å². The van der Waals surface area contributed by atoms with Gasteiger partial charge in [-0.2, -0.15) is 4.31 Å². The number of benzene rings is 2. The molecule has 1 fully saturated rings. The van der Waals surface area contributed by atoms with Crippen molar-refractivity contribution in [1.29, 1.82) is 0 Å². The molecule has 1 aliphatic carbocycles. The van der Waals surface area contributed by atoms with Crippen LogP contribution in [0.25, 0.3) is 0 Å². The summed E-state index contributed by atoms with van der Waals surface area (Å²) in [6.07, 6.45) is 1.62. The van der Waals surface area contributed by atoms with Crippen LogP contribution in [0.15, 0.2) is 62.8 Å². The van der Waals surface area contributed by atoms with Gasteiger partial charge in [0.05, 0.1) is 9.79 Å². The summed E-state index contributed by atoms with van der Waals surface area (Å²) in [5.74, 6) is 0. The zero-order chi connectivity index (χ0) is 18.9. The van der Waals surface area contributed by atoms with E-state index in [2.05, 4.69) is 20.7 Å². The maximum atomic E-state index is 12.9. The lowest BCUT2D eigenvalue weighted by molar-refractivity contribution is 0.466. The van der Waals surface area contributed by atoms with Gasteiger partial charge < -0.3 is 0 Å². The molecule has 26 heavy (non-hydrogen) atoms. The summed E-state index contributed by atoms with van der Waals surface area (Å²) in [5, 5.41) is 0. The van der Waals surface area contributed by atoms with Gasteiger partial charge in [0.15, 0.2) is 0 Å². The zero-order valence-corrected chi connectivity index (χ0v) is 17.3. The molecule has 0 bridgehead atoms. The number of rotatable bonds is 7. The lowest BCUT2D eigenvalue weighted by Gasteiger charge is -2.18. The van der Waals surface area contributed by atoms with Gasteiger partial charge in [-0.25, -0.2) is 21.6 Å². The van der Waals surface area contributed by atoms with Crippen molar-refractivity contribution < 1.29 is 16.8 Å². The van der Waals surface area contributed by atoms with Crippen LogP contribution >= 0.6 is 15.9 Å². The van der Waals surface area contributed by atoms with Gasteiger partial charge in [0.1, 0.15) is 0 Å². The number of hydrogen-bond acceptors (Lipinski definition) is 4. The molecule has 0 saturated heterocycles. The highest BCUT2D eigenvalue weighted by Crippen LogP contribution is 2.25. The Morgan fingerprint density at radius 2 is 1.69 bits per heavy atom. The molecule has 0 amide bonds. The molecule has 1 aliphatic rings. The molecule has 0 aromatic heterocycles. The third-order valence-electron chi connectivity index (χ3n) is 4.07. The molecule has 0 radical (unpaired) electrons. The van der Waals surface area contributed by atoms with Crippen molar-refractivity contribution in [3.05, 3.63) is 58.6 Å². The number of nitrogens with zero attached hydrogens (tertiary/aromatic N) is 1. The molecule has 0 spiro atoms. The molecule has 3 rings (SSSR count). The van der Waals surface area contributed by atoms with Crippen LogP contribution < -0.4 is 4.72 Å². The first-order valence-corrected chi connectivity index (χ1v) is 11.7. The van der Waals surface area contributed by atoms with E-state index < -0.39 is 20.0 Å². The van der Waals surface area contributed by atoms with Crippen LogP contribution in [0.4, 0.5) is 0 Å².